The molecule has 1 heterocycles. The minimum absolute atomic E-state index is 0.0712. The van der Waals surface area contributed by atoms with Gasteiger partial charge < -0.3 is 5.11 Å². The van der Waals surface area contributed by atoms with Crippen LogP contribution >= 0.6 is 0 Å². The van der Waals surface area contributed by atoms with Crippen molar-refractivity contribution in [2.45, 2.75) is 26.3 Å². The second kappa shape index (κ2) is 5.62. The Morgan fingerprint density at radius 3 is 2.12 bits per heavy atom. The molecule has 0 aliphatic carbocycles. The van der Waals surface area contributed by atoms with Crippen LogP contribution in [0.3, 0.4) is 0 Å². The summed E-state index contributed by atoms with van der Waals surface area (Å²) in [4.78, 5) is 2.27. The minimum Gasteiger partial charge on any atom is -0.395 e. The molecule has 2 N–H and O–H groups in total. The highest BCUT2D eigenvalue weighted by Gasteiger charge is 2.30. The van der Waals surface area contributed by atoms with E-state index in [1.807, 2.05) is 0 Å². The van der Waals surface area contributed by atoms with Gasteiger partial charge in [0, 0.05) is 38.3 Å². The summed E-state index contributed by atoms with van der Waals surface area (Å²) in [6, 6.07) is 0. The standard InChI is InChI=1S/C10H23N3O3S/c1-10(2,3)12-5-7-13(8-6-12)17(15,16)11-4-9-14/h11,14H,4-9H2,1-3H3. The van der Waals surface area contributed by atoms with E-state index in [-0.39, 0.29) is 18.7 Å². The molecule has 102 valence electrons. The first kappa shape index (κ1) is 14.8. The Kier molecular flexibility index (Phi) is 4.91. The van der Waals surface area contributed by atoms with Crippen LogP contribution in [-0.4, -0.2) is 67.6 Å². The predicted molar refractivity (Wildman–Crippen MR) is 66.9 cm³/mol. The summed E-state index contributed by atoms with van der Waals surface area (Å²) >= 11 is 0. The monoisotopic (exact) mass is 265 g/mol. The molecule has 1 aliphatic heterocycles. The maximum Gasteiger partial charge on any atom is 0.279 e. The lowest BCUT2D eigenvalue weighted by Crippen LogP contribution is -2.56. The number of aliphatic hydroxyl groups excluding tert-OH is 1. The molecule has 1 rings (SSSR count). The van der Waals surface area contributed by atoms with Crippen molar-refractivity contribution in [3.8, 4) is 0 Å². The van der Waals surface area contributed by atoms with Crippen LogP contribution in [0.5, 0.6) is 0 Å². The number of piperazine rings is 1. The number of rotatable bonds is 4. The molecule has 0 amide bonds. The third-order valence-electron chi connectivity index (χ3n) is 2.92. The Labute approximate surface area is 104 Å². The van der Waals surface area contributed by atoms with Crippen LogP contribution in [0.25, 0.3) is 0 Å². The van der Waals surface area contributed by atoms with Gasteiger partial charge in [0.2, 0.25) is 0 Å². The van der Waals surface area contributed by atoms with Crippen molar-refractivity contribution in [2.24, 2.45) is 0 Å². The third kappa shape index (κ3) is 4.18. The lowest BCUT2D eigenvalue weighted by Gasteiger charge is -2.41. The number of nitrogens with zero attached hydrogens (tertiary/aromatic N) is 2. The molecule has 0 aromatic carbocycles. The van der Waals surface area contributed by atoms with E-state index in [1.54, 1.807) is 0 Å². The largest absolute Gasteiger partial charge is 0.395 e. The highest BCUT2D eigenvalue weighted by Crippen LogP contribution is 2.16. The molecular weight excluding hydrogens is 242 g/mol. The molecule has 0 saturated carbocycles. The fourth-order valence-electron chi connectivity index (χ4n) is 1.87. The molecule has 0 aromatic heterocycles. The summed E-state index contributed by atoms with van der Waals surface area (Å²) in [5.74, 6) is 0. The maximum absolute atomic E-state index is 11.8. The van der Waals surface area contributed by atoms with E-state index >= 15 is 0 Å². The second-order valence-electron chi connectivity index (χ2n) is 5.18. The van der Waals surface area contributed by atoms with E-state index in [2.05, 4.69) is 30.4 Å². The molecule has 6 nitrogen and oxygen atoms in total. The zero-order chi connectivity index (χ0) is 13.1. The van der Waals surface area contributed by atoms with Crippen molar-refractivity contribution in [1.29, 1.82) is 0 Å². The average Bonchev–Trinajstić information content (AvgIpc) is 2.25. The maximum atomic E-state index is 11.8. The summed E-state index contributed by atoms with van der Waals surface area (Å²) < 4.78 is 27.4. The molecule has 17 heavy (non-hydrogen) atoms. The molecule has 1 fully saturated rings. The molecule has 1 aliphatic rings. The summed E-state index contributed by atoms with van der Waals surface area (Å²) in [7, 11) is -3.42. The second-order valence-corrected chi connectivity index (χ2v) is 6.94. The van der Waals surface area contributed by atoms with Crippen LogP contribution < -0.4 is 4.72 Å². The molecule has 0 unspecified atom stereocenters. The molecule has 7 heteroatoms. The van der Waals surface area contributed by atoms with Gasteiger partial charge in [0.05, 0.1) is 6.61 Å². The first-order valence-electron chi connectivity index (χ1n) is 5.88. The number of hydrogen-bond acceptors (Lipinski definition) is 4. The predicted octanol–water partition coefficient (Wildman–Crippen LogP) is -0.771. The van der Waals surface area contributed by atoms with Crippen molar-refractivity contribution in [3.63, 3.8) is 0 Å². The van der Waals surface area contributed by atoms with E-state index < -0.39 is 10.2 Å². The summed E-state index contributed by atoms with van der Waals surface area (Å²) in [5.41, 5.74) is 0.0778. The van der Waals surface area contributed by atoms with E-state index in [9.17, 15) is 8.42 Å². The molecule has 1 saturated heterocycles. The Morgan fingerprint density at radius 2 is 1.71 bits per heavy atom. The van der Waals surface area contributed by atoms with Gasteiger partial charge in [-0.05, 0) is 20.8 Å². The van der Waals surface area contributed by atoms with Gasteiger partial charge in [0.25, 0.3) is 10.2 Å². The van der Waals surface area contributed by atoms with E-state index in [1.165, 1.54) is 4.31 Å². The lowest BCUT2D eigenvalue weighted by atomic mass is 10.1. The summed E-state index contributed by atoms with van der Waals surface area (Å²) in [5, 5.41) is 8.62. The normalized spacial score (nSPS) is 20.7. The van der Waals surface area contributed by atoms with Gasteiger partial charge in [-0.2, -0.15) is 17.4 Å². The summed E-state index contributed by atoms with van der Waals surface area (Å²) in [6.07, 6.45) is 0. The van der Waals surface area contributed by atoms with E-state index in [4.69, 9.17) is 5.11 Å². The average molecular weight is 265 g/mol. The lowest BCUT2D eigenvalue weighted by molar-refractivity contribution is 0.0916. The van der Waals surface area contributed by atoms with Crippen LogP contribution in [0.2, 0.25) is 0 Å². The topological polar surface area (TPSA) is 72.9 Å². The van der Waals surface area contributed by atoms with Gasteiger partial charge in [-0.25, -0.2) is 0 Å². The van der Waals surface area contributed by atoms with E-state index in [0.717, 1.165) is 13.1 Å². The highest BCUT2D eigenvalue weighted by atomic mass is 32.2. The number of aliphatic hydroxyl groups is 1. The summed E-state index contributed by atoms with van der Waals surface area (Å²) in [6.45, 7) is 8.75. The van der Waals surface area contributed by atoms with Gasteiger partial charge in [-0.15, -0.1) is 0 Å². The van der Waals surface area contributed by atoms with Gasteiger partial charge >= 0.3 is 0 Å². The number of hydrogen-bond donors (Lipinski definition) is 2. The smallest absolute Gasteiger partial charge is 0.279 e. The van der Waals surface area contributed by atoms with E-state index in [0.29, 0.717) is 13.1 Å². The molecular formula is C10H23N3O3S. The molecule has 0 spiro atoms. The van der Waals surface area contributed by atoms with Gasteiger partial charge in [-0.3, -0.25) is 4.90 Å². The zero-order valence-corrected chi connectivity index (χ0v) is 11.6. The quantitative estimate of drug-likeness (QED) is 0.700. The van der Waals surface area contributed by atoms with Crippen molar-refractivity contribution >= 4 is 10.2 Å². The Morgan fingerprint density at radius 1 is 1.18 bits per heavy atom. The third-order valence-corrected chi connectivity index (χ3v) is 4.54. The van der Waals surface area contributed by atoms with Crippen LogP contribution in [0, 0.1) is 0 Å². The molecule has 0 radical (unpaired) electrons. The van der Waals surface area contributed by atoms with Crippen molar-refractivity contribution < 1.29 is 13.5 Å². The zero-order valence-electron chi connectivity index (χ0n) is 10.8. The van der Waals surface area contributed by atoms with Crippen molar-refractivity contribution in [2.75, 3.05) is 39.3 Å². The van der Waals surface area contributed by atoms with Crippen molar-refractivity contribution in [3.05, 3.63) is 0 Å². The first-order chi connectivity index (χ1) is 7.77. The number of nitrogens with one attached hydrogen (secondary N) is 1. The molecule has 0 aromatic rings. The Hall–Kier alpha value is -0.210. The van der Waals surface area contributed by atoms with Crippen LogP contribution in [0.15, 0.2) is 0 Å². The first-order valence-corrected chi connectivity index (χ1v) is 7.32. The highest BCUT2D eigenvalue weighted by molar-refractivity contribution is 7.87. The molecule has 0 bridgehead atoms. The fourth-order valence-corrected chi connectivity index (χ4v) is 3.04. The Bertz CT molecular complexity index is 329. The van der Waals surface area contributed by atoms with Gasteiger partial charge in [0.15, 0.2) is 0 Å². The minimum atomic E-state index is -3.42. The fraction of sp³-hybridized carbons (Fsp3) is 1.00. The van der Waals surface area contributed by atoms with Crippen LogP contribution in [0.4, 0.5) is 0 Å². The van der Waals surface area contributed by atoms with Gasteiger partial charge in [-0.1, -0.05) is 0 Å². The van der Waals surface area contributed by atoms with Crippen molar-refractivity contribution in [1.82, 2.24) is 13.9 Å². The van der Waals surface area contributed by atoms with Crippen LogP contribution in [-0.2, 0) is 10.2 Å². The molecule has 0 atom stereocenters. The van der Waals surface area contributed by atoms with Gasteiger partial charge in [0.1, 0.15) is 0 Å². The SMILES string of the molecule is CC(C)(C)N1CCN(S(=O)(=O)NCCO)CC1. The Balaban J connectivity index is 2.52. The van der Waals surface area contributed by atoms with Crippen LogP contribution in [0.1, 0.15) is 20.8 Å².